The molecule has 2 aromatic rings. The number of carbonyl (C=O) groups is 1. The van der Waals surface area contributed by atoms with Gasteiger partial charge in [0.15, 0.2) is 6.23 Å². The highest BCUT2D eigenvalue weighted by Gasteiger charge is 2.35. The lowest BCUT2D eigenvalue weighted by Crippen LogP contribution is -2.46. The van der Waals surface area contributed by atoms with E-state index in [9.17, 15) is 15.0 Å². The van der Waals surface area contributed by atoms with Crippen molar-refractivity contribution in [1.82, 2.24) is 4.98 Å². The van der Waals surface area contributed by atoms with Crippen LogP contribution in [-0.4, -0.2) is 34.4 Å². The second-order valence-corrected chi connectivity index (χ2v) is 6.08. The molecule has 1 amide bonds. The van der Waals surface area contributed by atoms with Crippen LogP contribution in [0.15, 0.2) is 48.4 Å². The topological polar surface area (TPSA) is 76.9 Å². The van der Waals surface area contributed by atoms with Crippen molar-refractivity contribution in [1.29, 1.82) is 0 Å². The molecule has 2 N–H and O–H groups in total. The molecule has 0 bridgehead atoms. The number of aromatic nitrogens is 1. The summed E-state index contributed by atoms with van der Waals surface area (Å²) < 4.78 is 0. The number of rotatable bonds is 5. The summed E-state index contributed by atoms with van der Waals surface area (Å²) in [7, 11) is 0. The van der Waals surface area contributed by atoms with Crippen molar-refractivity contribution < 1.29 is 15.0 Å². The molecule has 0 aliphatic carbocycles. The Balaban J connectivity index is 2.18. The molecule has 1 unspecified atom stereocenters. The Hall–Kier alpha value is -2.57. The fraction of sp³-hybridized carbons (Fsp3) is 0.222. The lowest BCUT2D eigenvalue weighted by molar-refractivity contribution is -0.107. The van der Waals surface area contributed by atoms with Crippen LogP contribution in [-0.2, 0) is 4.79 Å². The highest BCUT2D eigenvalue weighted by Crippen LogP contribution is 2.39. The number of halogens is 1. The van der Waals surface area contributed by atoms with E-state index in [1.54, 1.807) is 35.2 Å². The number of hydrogen-bond acceptors (Lipinski definition) is 5. The maximum Gasteiger partial charge on any atom is 0.218 e. The van der Waals surface area contributed by atoms with Gasteiger partial charge in [-0.1, -0.05) is 18.5 Å². The van der Waals surface area contributed by atoms with Crippen molar-refractivity contribution in [2.24, 2.45) is 0 Å². The van der Waals surface area contributed by atoms with Crippen LogP contribution >= 0.6 is 11.6 Å². The Morgan fingerprint density at radius 2 is 2.04 bits per heavy atom. The predicted octanol–water partition coefficient (Wildman–Crippen LogP) is 3.17. The molecule has 0 spiro atoms. The SMILES string of the molecule is CCCN1c2cc(Cl)ccc2C(O)=C(N(C=O)c2ccncc2)C1O. The normalized spacial score (nSPS) is 16.6. The first-order valence-electron chi connectivity index (χ1n) is 7.90. The van der Waals surface area contributed by atoms with Crippen molar-refractivity contribution in [3.05, 3.63) is 59.0 Å². The van der Waals surface area contributed by atoms with E-state index in [0.717, 1.165) is 6.42 Å². The molecule has 1 aromatic carbocycles. The van der Waals surface area contributed by atoms with E-state index in [4.69, 9.17) is 11.6 Å². The Morgan fingerprint density at radius 1 is 1.32 bits per heavy atom. The molecule has 0 fully saturated rings. The lowest BCUT2D eigenvalue weighted by atomic mass is 10.0. The molecular formula is C18H18ClN3O3. The van der Waals surface area contributed by atoms with Gasteiger partial charge in [-0.15, -0.1) is 0 Å². The third-order valence-electron chi connectivity index (χ3n) is 4.08. The van der Waals surface area contributed by atoms with E-state index >= 15 is 0 Å². The summed E-state index contributed by atoms with van der Waals surface area (Å²) in [5.41, 5.74) is 1.74. The van der Waals surface area contributed by atoms with Gasteiger partial charge in [0.05, 0.1) is 11.4 Å². The van der Waals surface area contributed by atoms with E-state index in [2.05, 4.69) is 4.98 Å². The van der Waals surface area contributed by atoms with Gasteiger partial charge in [0.1, 0.15) is 11.5 Å². The predicted molar refractivity (Wildman–Crippen MR) is 97.4 cm³/mol. The molecule has 3 rings (SSSR count). The largest absolute Gasteiger partial charge is 0.505 e. The number of amides is 1. The van der Waals surface area contributed by atoms with Crippen molar-refractivity contribution >= 4 is 35.1 Å². The number of carbonyl (C=O) groups excluding carboxylic acids is 1. The third kappa shape index (κ3) is 3.06. The van der Waals surface area contributed by atoms with E-state index < -0.39 is 6.23 Å². The van der Waals surface area contributed by atoms with Gasteiger partial charge >= 0.3 is 0 Å². The van der Waals surface area contributed by atoms with Crippen LogP contribution in [0.2, 0.25) is 5.02 Å². The first-order chi connectivity index (χ1) is 12.1. The number of fused-ring (bicyclic) bond motifs is 1. The number of anilines is 2. The van der Waals surface area contributed by atoms with Crippen LogP contribution in [0.4, 0.5) is 11.4 Å². The molecule has 0 radical (unpaired) electrons. The molecule has 1 aliphatic rings. The summed E-state index contributed by atoms with van der Waals surface area (Å²) in [4.78, 5) is 18.6. The van der Waals surface area contributed by atoms with Crippen molar-refractivity contribution in [3.8, 4) is 0 Å². The van der Waals surface area contributed by atoms with Gasteiger partial charge in [-0.05, 0) is 36.8 Å². The molecular weight excluding hydrogens is 342 g/mol. The first kappa shape index (κ1) is 17.3. The number of hydrogen-bond donors (Lipinski definition) is 2. The molecule has 1 aliphatic heterocycles. The van der Waals surface area contributed by atoms with Crippen molar-refractivity contribution in [3.63, 3.8) is 0 Å². The number of benzene rings is 1. The molecule has 0 saturated heterocycles. The zero-order chi connectivity index (χ0) is 18.0. The first-order valence-corrected chi connectivity index (χ1v) is 8.28. The van der Waals surface area contributed by atoms with Gasteiger partial charge < -0.3 is 15.1 Å². The fourth-order valence-corrected chi connectivity index (χ4v) is 3.13. The second-order valence-electron chi connectivity index (χ2n) is 5.64. The summed E-state index contributed by atoms with van der Waals surface area (Å²) in [6.45, 7) is 2.52. The number of aliphatic hydroxyl groups excluding tert-OH is 2. The maximum atomic E-state index is 11.7. The van der Waals surface area contributed by atoms with Gasteiger partial charge in [0.2, 0.25) is 6.41 Å². The van der Waals surface area contributed by atoms with E-state index in [1.165, 1.54) is 17.3 Å². The van der Waals surface area contributed by atoms with E-state index in [0.29, 0.717) is 34.9 Å². The van der Waals surface area contributed by atoms with Crippen LogP contribution in [0.5, 0.6) is 0 Å². The summed E-state index contributed by atoms with van der Waals surface area (Å²) in [5, 5.41) is 22.1. The summed E-state index contributed by atoms with van der Waals surface area (Å²) in [6.07, 6.45) is 3.22. The molecule has 7 heteroatoms. The highest BCUT2D eigenvalue weighted by molar-refractivity contribution is 6.31. The van der Waals surface area contributed by atoms with Crippen LogP contribution in [0.1, 0.15) is 18.9 Å². The van der Waals surface area contributed by atoms with Gasteiger partial charge in [0.25, 0.3) is 0 Å². The van der Waals surface area contributed by atoms with Crippen molar-refractivity contribution in [2.75, 3.05) is 16.3 Å². The van der Waals surface area contributed by atoms with Crippen molar-refractivity contribution in [2.45, 2.75) is 19.6 Å². The Labute approximate surface area is 150 Å². The fourth-order valence-electron chi connectivity index (χ4n) is 2.97. The van der Waals surface area contributed by atoms with Gasteiger partial charge in [0, 0.05) is 29.5 Å². The lowest BCUT2D eigenvalue weighted by Gasteiger charge is -2.39. The summed E-state index contributed by atoms with van der Waals surface area (Å²) >= 11 is 6.08. The van der Waals surface area contributed by atoms with Gasteiger partial charge in [-0.3, -0.25) is 14.7 Å². The van der Waals surface area contributed by atoms with Crippen LogP contribution in [0.3, 0.4) is 0 Å². The average molecular weight is 360 g/mol. The molecule has 0 saturated carbocycles. The highest BCUT2D eigenvalue weighted by atomic mass is 35.5. The van der Waals surface area contributed by atoms with Crippen LogP contribution in [0, 0.1) is 0 Å². The maximum absolute atomic E-state index is 11.7. The Kier molecular flexibility index (Phi) is 4.92. The number of nitrogens with zero attached hydrogens (tertiary/aromatic N) is 3. The summed E-state index contributed by atoms with van der Waals surface area (Å²) in [6, 6.07) is 8.29. The molecule has 25 heavy (non-hydrogen) atoms. The Morgan fingerprint density at radius 3 is 2.68 bits per heavy atom. The molecule has 130 valence electrons. The van der Waals surface area contributed by atoms with E-state index in [-0.39, 0.29) is 11.5 Å². The molecule has 2 heterocycles. The Bertz CT molecular complexity index is 810. The zero-order valence-electron chi connectivity index (χ0n) is 13.6. The minimum atomic E-state index is -1.19. The zero-order valence-corrected chi connectivity index (χ0v) is 14.4. The number of aliphatic hydroxyl groups is 2. The monoisotopic (exact) mass is 359 g/mol. The minimum absolute atomic E-state index is 0.101. The molecule has 1 atom stereocenters. The molecule has 1 aromatic heterocycles. The van der Waals surface area contributed by atoms with Gasteiger partial charge in [-0.25, -0.2) is 0 Å². The average Bonchev–Trinajstić information content (AvgIpc) is 2.62. The third-order valence-corrected chi connectivity index (χ3v) is 4.31. The summed E-state index contributed by atoms with van der Waals surface area (Å²) in [5.74, 6) is -0.157. The quantitative estimate of drug-likeness (QED) is 0.802. The van der Waals surface area contributed by atoms with Gasteiger partial charge in [-0.2, -0.15) is 0 Å². The van der Waals surface area contributed by atoms with Crippen LogP contribution < -0.4 is 9.80 Å². The standard InChI is InChI=1S/C18H18ClN3O3/c1-2-9-21-15-10-12(19)3-4-14(15)17(24)16(18(21)25)22(11-23)13-5-7-20-8-6-13/h3-8,10-11,18,24-25H,2,9H2,1H3. The number of pyridine rings is 1. The second kappa shape index (κ2) is 7.13. The molecule has 6 nitrogen and oxygen atoms in total. The van der Waals surface area contributed by atoms with E-state index in [1.807, 2.05) is 6.92 Å². The van der Waals surface area contributed by atoms with Crippen LogP contribution in [0.25, 0.3) is 5.76 Å². The smallest absolute Gasteiger partial charge is 0.218 e. The minimum Gasteiger partial charge on any atom is -0.505 e.